The van der Waals surface area contributed by atoms with E-state index in [1.54, 1.807) is 4.90 Å². The zero-order valence-corrected chi connectivity index (χ0v) is 20.9. The molecular formula is C28H35F3N2O3. The number of benzene rings is 2. The third-order valence-corrected chi connectivity index (χ3v) is 6.85. The van der Waals surface area contributed by atoms with Gasteiger partial charge in [-0.25, -0.2) is 0 Å². The predicted octanol–water partition coefficient (Wildman–Crippen LogP) is 5.67. The summed E-state index contributed by atoms with van der Waals surface area (Å²) in [5, 5.41) is 0. The molecule has 2 amide bonds. The molecule has 8 heteroatoms. The van der Waals surface area contributed by atoms with Gasteiger partial charge in [0.2, 0.25) is 11.8 Å². The van der Waals surface area contributed by atoms with Crippen molar-refractivity contribution in [1.29, 1.82) is 0 Å². The van der Waals surface area contributed by atoms with Gasteiger partial charge in [0.1, 0.15) is 11.8 Å². The quantitative estimate of drug-likeness (QED) is 0.401. The van der Waals surface area contributed by atoms with Crippen molar-refractivity contribution >= 4 is 11.8 Å². The normalized spacial score (nSPS) is 16.4. The lowest BCUT2D eigenvalue weighted by atomic mass is 9.91. The van der Waals surface area contributed by atoms with Crippen molar-refractivity contribution in [1.82, 2.24) is 4.90 Å². The van der Waals surface area contributed by atoms with Crippen molar-refractivity contribution in [2.45, 2.75) is 77.6 Å². The van der Waals surface area contributed by atoms with Gasteiger partial charge in [-0.15, -0.1) is 0 Å². The summed E-state index contributed by atoms with van der Waals surface area (Å²) in [7, 11) is 0. The maximum Gasteiger partial charge on any atom is 0.416 e. The zero-order valence-electron chi connectivity index (χ0n) is 20.9. The average Bonchev–Trinajstić information content (AvgIpc) is 2.85. The van der Waals surface area contributed by atoms with E-state index < -0.39 is 23.7 Å². The van der Waals surface area contributed by atoms with E-state index in [1.165, 1.54) is 12.1 Å². The van der Waals surface area contributed by atoms with Crippen LogP contribution in [0, 0.1) is 5.92 Å². The summed E-state index contributed by atoms with van der Waals surface area (Å²) in [6.45, 7) is 4.89. The van der Waals surface area contributed by atoms with Crippen LogP contribution < -0.4 is 10.5 Å². The molecule has 1 aliphatic rings. The van der Waals surface area contributed by atoms with E-state index in [2.05, 4.69) is 13.8 Å². The molecule has 0 saturated heterocycles. The van der Waals surface area contributed by atoms with Gasteiger partial charge in [-0.1, -0.05) is 51.3 Å². The van der Waals surface area contributed by atoms with E-state index in [0.717, 1.165) is 48.1 Å². The molecule has 2 atom stereocenters. The number of carbonyl (C=O) groups is 2. The largest absolute Gasteiger partial charge is 0.494 e. The van der Waals surface area contributed by atoms with Gasteiger partial charge < -0.3 is 15.4 Å². The summed E-state index contributed by atoms with van der Waals surface area (Å²) in [5.41, 5.74) is 7.72. The summed E-state index contributed by atoms with van der Waals surface area (Å²) in [4.78, 5) is 26.8. The number of fused-ring (bicyclic) bond motifs is 1. The standard InChI is InChI=1S/C28H35F3N2O3/c1-3-6-19(4-2)15-26(34)33-18-22-16-24(13-10-21(22)17-25(33)27(32)35)36-14-5-7-20-8-11-23(12-9-20)28(29,30)31/h8-13,16,19,25H,3-7,14-15,17-18H2,1-2H3,(H2,32,35). The number of alkyl halides is 3. The number of rotatable bonds is 11. The summed E-state index contributed by atoms with van der Waals surface area (Å²) < 4.78 is 44.0. The highest BCUT2D eigenvalue weighted by Gasteiger charge is 2.34. The van der Waals surface area contributed by atoms with E-state index in [9.17, 15) is 22.8 Å². The Morgan fingerprint density at radius 1 is 1.11 bits per heavy atom. The van der Waals surface area contributed by atoms with Crippen molar-refractivity contribution in [2.24, 2.45) is 11.7 Å². The van der Waals surface area contributed by atoms with E-state index >= 15 is 0 Å². The smallest absolute Gasteiger partial charge is 0.416 e. The van der Waals surface area contributed by atoms with Crippen LogP contribution in [-0.2, 0) is 35.2 Å². The molecule has 2 unspecified atom stereocenters. The molecule has 2 aromatic rings. The number of nitrogens with zero attached hydrogens (tertiary/aromatic N) is 1. The zero-order chi connectivity index (χ0) is 26.3. The van der Waals surface area contributed by atoms with Crippen molar-refractivity contribution < 1.29 is 27.5 Å². The van der Waals surface area contributed by atoms with Gasteiger partial charge in [-0.05, 0) is 59.7 Å². The molecule has 5 nitrogen and oxygen atoms in total. The van der Waals surface area contributed by atoms with Crippen LogP contribution in [0.2, 0.25) is 0 Å². The van der Waals surface area contributed by atoms with Crippen LogP contribution >= 0.6 is 0 Å². The maximum absolute atomic E-state index is 13.1. The van der Waals surface area contributed by atoms with E-state index in [-0.39, 0.29) is 11.8 Å². The molecule has 0 bridgehead atoms. The second-order valence-electron chi connectivity index (χ2n) is 9.49. The molecule has 0 aromatic heterocycles. The number of hydrogen-bond donors (Lipinski definition) is 1. The lowest BCUT2D eigenvalue weighted by Gasteiger charge is -2.36. The monoisotopic (exact) mass is 504 g/mol. The molecule has 0 fully saturated rings. The third kappa shape index (κ3) is 7.24. The maximum atomic E-state index is 13.1. The molecule has 196 valence electrons. The minimum absolute atomic E-state index is 0.0485. The Morgan fingerprint density at radius 3 is 2.44 bits per heavy atom. The highest BCUT2D eigenvalue weighted by Crippen LogP contribution is 2.30. The Morgan fingerprint density at radius 2 is 1.83 bits per heavy atom. The van der Waals surface area contributed by atoms with Gasteiger partial charge in [0.15, 0.2) is 0 Å². The topological polar surface area (TPSA) is 72.6 Å². The van der Waals surface area contributed by atoms with Crippen LogP contribution in [0.4, 0.5) is 13.2 Å². The van der Waals surface area contributed by atoms with Gasteiger partial charge in [-0.2, -0.15) is 13.2 Å². The van der Waals surface area contributed by atoms with Crippen molar-refractivity contribution in [3.8, 4) is 5.75 Å². The van der Waals surface area contributed by atoms with Crippen molar-refractivity contribution in [3.63, 3.8) is 0 Å². The van der Waals surface area contributed by atoms with Crippen LogP contribution in [0.1, 0.15) is 68.2 Å². The lowest BCUT2D eigenvalue weighted by molar-refractivity contribution is -0.141. The molecule has 2 N–H and O–H groups in total. The Bertz CT molecular complexity index is 1040. The number of ether oxygens (including phenoxy) is 1. The van der Waals surface area contributed by atoms with Crippen molar-refractivity contribution in [3.05, 3.63) is 64.7 Å². The first-order chi connectivity index (χ1) is 17.1. The van der Waals surface area contributed by atoms with Crippen LogP contribution in [0.5, 0.6) is 5.75 Å². The summed E-state index contributed by atoms with van der Waals surface area (Å²) >= 11 is 0. The van der Waals surface area contributed by atoms with Crippen LogP contribution in [-0.4, -0.2) is 29.4 Å². The first-order valence-corrected chi connectivity index (χ1v) is 12.6. The Kier molecular flexibility index (Phi) is 9.40. The predicted molar refractivity (Wildman–Crippen MR) is 132 cm³/mol. The second kappa shape index (κ2) is 12.3. The number of nitrogens with two attached hydrogens (primary N) is 1. The molecule has 0 radical (unpaired) electrons. The first kappa shape index (κ1) is 27.6. The Hall–Kier alpha value is -3.03. The number of aryl methyl sites for hydroxylation is 1. The summed E-state index contributed by atoms with van der Waals surface area (Å²) in [6, 6.07) is 10.2. The minimum Gasteiger partial charge on any atom is -0.494 e. The van der Waals surface area contributed by atoms with Crippen LogP contribution in [0.25, 0.3) is 0 Å². The Labute approximate surface area is 210 Å². The Balaban J connectivity index is 1.59. The highest BCUT2D eigenvalue weighted by atomic mass is 19.4. The molecule has 3 rings (SSSR count). The number of primary amides is 1. The SMILES string of the molecule is CCCC(CC)CC(=O)N1Cc2cc(OCCCc3ccc(C(F)(F)F)cc3)ccc2CC1C(N)=O. The second-order valence-corrected chi connectivity index (χ2v) is 9.49. The van der Waals surface area contributed by atoms with Gasteiger partial charge in [0.05, 0.1) is 12.2 Å². The first-order valence-electron chi connectivity index (χ1n) is 12.6. The van der Waals surface area contributed by atoms with E-state index in [4.69, 9.17) is 10.5 Å². The van der Waals surface area contributed by atoms with Crippen LogP contribution in [0.3, 0.4) is 0 Å². The highest BCUT2D eigenvalue weighted by molar-refractivity contribution is 5.87. The number of halogens is 3. The summed E-state index contributed by atoms with van der Waals surface area (Å²) in [6.07, 6.45) is 0.591. The molecule has 36 heavy (non-hydrogen) atoms. The summed E-state index contributed by atoms with van der Waals surface area (Å²) in [5.74, 6) is 0.397. The fraction of sp³-hybridized carbons (Fsp3) is 0.500. The molecule has 1 heterocycles. The van der Waals surface area contributed by atoms with Crippen LogP contribution in [0.15, 0.2) is 42.5 Å². The number of carbonyl (C=O) groups excluding carboxylic acids is 2. The molecule has 2 aromatic carbocycles. The number of amides is 2. The van der Waals surface area contributed by atoms with E-state index in [1.807, 2.05) is 18.2 Å². The van der Waals surface area contributed by atoms with Gasteiger partial charge >= 0.3 is 6.18 Å². The lowest BCUT2D eigenvalue weighted by Crippen LogP contribution is -2.51. The minimum atomic E-state index is -4.33. The molecule has 0 aliphatic carbocycles. The van der Waals surface area contributed by atoms with E-state index in [0.29, 0.717) is 44.6 Å². The molecule has 0 saturated carbocycles. The molecule has 0 spiro atoms. The average molecular weight is 505 g/mol. The molecule has 1 aliphatic heterocycles. The fourth-order valence-electron chi connectivity index (χ4n) is 4.72. The fourth-order valence-corrected chi connectivity index (χ4v) is 4.72. The third-order valence-electron chi connectivity index (χ3n) is 6.85. The van der Waals surface area contributed by atoms with Crippen molar-refractivity contribution in [2.75, 3.05) is 6.61 Å². The van der Waals surface area contributed by atoms with Gasteiger partial charge in [0.25, 0.3) is 0 Å². The van der Waals surface area contributed by atoms with Gasteiger partial charge in [-0.3, -0.25) is 9.59 Å². The number of hydrogen-bond acceptors (Lipinski definition) is 3. The van der Waals surface area contributed by atoms with Gasteiger partial charge in [0, 0.05) is 19.4 Å². The molecular weight excluding hydrogens is 469 g/mol.